The second-order valence-electron chi connectivity index (χ2n) is 21.3. The fourth-order valence-corrected chi connectivity index (χ4v) is 8.81. The van der Waals surface area contributed by atoms with Crippen molar-refractivity contribution in [3.05, 3.63) is 134 Å². The van der Waals surface area contributed by atoms with Gasteiger partial charge in [0.15, 0.2) is 6.10 Å². The van der Waals surface area contributed by atoms with Crippen molar-refractivity contribution in [2.75, 3.05) is 13.2 Å². The quantitative estimate of drug-likeness (QED) is 0.0261. The third kappa shape index (κ3) is 64.3. The van der Waals surface area contributed by atoms with Crippen LogP contribution in [0.15, 0.2) is 134 Å². The molecule has 0 N–H and O–H groups in total. The molecule has 0 aliphatic carbocycles. The van der Waals surface area contributed by atoms with Crippen LogP contribution in [0.3, 0.4) is 0 Å². The molecule has 6 heteroatoms. The molecule has 0 aromatic carbocycles. The van der Waals surface area contributed by atoms with E-state index in [0.29, 0.717) is 19.3 Å². The number of hydrogen-bond donors (Lipinski definition) is 0. The fourth-order valence-electron chi connectivity index (χ4n) is 8.81. The van der Waals surface area contributed by atoms with Gasteiger partial charge in [-0.2, -0.15) is 0 Å². The Bertz CT molecular complexity index is 1680. The van der Waals surface area contributed by atoms with Gasteiger partial charge in [0.25, 0.3) is 0 Å². The molecule has 1 atom stereocenters. The zero-order chi connectivity index (χ0) is 57.1. The first-order valence-corrected chi connectivity index (χ1v) is 32.7. The standard InChI is InChI=1S/C73H120O6/c1-4-7-10-13-16-19-22-25-27-29-31-33-34-35-36-37-38-40-41-43-45-48-51-54-57-60-63-66-72(75)78-69-70(68-77-71(74)65-62-59-56-53-50-47-24-21-18-15-12-9-6-3)79-73(76)67-64-61-58-55-52-49-46-44-42-39-32-30-28-26-23-20-17-14-11-8-5-2/h8-9,11-12,17-18,20-22,25-26,28-29,31-32,34-35,39,47,50,56,59,70H,4-7,10,13-16,19,23-24,27,30,33,36-38,40-46,48-49,51-55,57-58,60-69H2,1-3H3/b11-8-,12-9-,20-17-,21-18-,25-22-,28-26-,31-29-,35-34-,39-32-,50-47-,59-56-. The van der Waals surface area contributed by atoms with Gasteiger partial charge in [-0.1, -0.05) is 283 Å². The van der Waals surface area contributed by atoms with Crippen LogP contribution in [0, 0.1) is 0 Å². The summed E-state index contributed by atoms with van der Waals surface area (Å²) in [4.78, 5) is 38.3. The number of ether oxygens (including phenoxy) is 3. The van der Waals surface area contributed by atoms with E-state index in [1.165, 1.54) is 135 Å². The number of carbonyl (C=O) groups excluding carboxylic acids is 3. The molecule has 0 fully saturated rings. The van der Waals surface area contributed by atoms with Crippen molar-refractivity contribution in [2.45, 2.75) is 297 Å². The van der Waals surface area contributed by atoms with Gasteiger partial charge in [-0.05, 0) is 122 Å². The lowest BCUT2D eigenvalue weighted by Crippen LogP contribution is -2.30. The third-order valence-corrected chi connectivity index (χ3v) is 13.6. The van der Waals surface area contributed by atoms with Gasteiger partial charge in [-0.3, -0.25) is 14.4 Å². The molecule has 0 saturated carbocycles. The number of hydrogen-bond acceptors (Lipinski definition) is 6. The summed E-state index contributed by atoms with van der Waals surface area (Å²) in [6.07, 6.45) is 93.4. The van der Waals surface area contributed by atoms with Crippen molar-refractivity contribution in [3.63, 3.8) is 0 Å². The number of unbranched alkanes of at least 4 members (excludes halogenated alkanes) is 25. The topological polar surface area (TPSA) is 78.9 Å². The van der Waals surface area contributed by atoms with Crippen molar-refractivity contribution < 1.29 is 28.6 Å². The summed E-state index contributed by atoms with van der Waals surface area (Å²) in [7, 11) is 0. The van der Waals surface area contributed by atoms with Crippen molar-refractivity contribution in [1.82, 2.24) is 0 Å². The van der Waals surface area contributed by atoms with Crippen LogP contribution in [0.5, 0.6) is 0 Å². The molecule has 0 rings (SSSR count). The summed E-state index contributed by atoms with van der Waals surface area (Å²) in [5.74, 6) is -1.000. The molecule has 0 bridgehead atoms. The monoisotopic (exact) mass is 1090 g/mol. The molecular weight excluding hydrogens is 973 g/mol. The van der Waals surface area contributed by atoms with Crippen LogP contribution in [0.25, 0.3) is 0 Å². The van der Waals surface area contributed by atoms with E-state index >= 15 is 0 Å². The van der Waals surface area contributed by atoms with Gasteiger partial charge in [0.1, 0.15) is 13.2 Å². The van der Waals surface area contributed by atoms with E-state index in [0.717, 1.165) is 109 Å². The zero-order valence-corrected chi connectivity index (χ0v) is 51.3. The number of esters is 3. The van der Waals surface area contributed by atoms with Gasteiger partial charge in [-0.25, -0.2) is 0 Å². The summed E-state index contributed by atoms with van der Waals surface area (Å²) >= 11 is 0. The minimum Gasteiger partial charge on any atom is -0.462 e. The molecular formula is C73H120O6. The highest BCUT2D eigenvalue weighted by Crippen LogP contribution is 2.16. The zero-order valence-electron chi connectivity index (χ0n) is 51.3. The van der Waals surface area contributed by atoms with Crippen LogP contribution >= 0.6 is 0 Å². The van der Waals surface area contributed by atoms with Gasteiger partial charge >= 0.3 is 17.9 Å². The lowest BCUT2D eigenvalue weighted by molar-refractivity contribution is -0.166. The lowest BCUT2D eigenvalue weighted by Gasteiger charge is -2.18. The Hall–Kier alpha value is -4.45. The van der Waals surface area contributed by atoms with Gasteiger partial charge in [0, 0.05) is 19.3 Å². The van der Waals surface area contributed by atoms with Gasteiger partial charge in [0.2, 0.25) is 0 Å². The van der Waals surface area contributed by atoms with Crippen LogP contribution in [0.4, 0.5) is 0 Å². The average molecular weight is 1090 g/mol. The first kappa shape index (κ1) is 74.5. The molecule has 0 saturated heterocycles. The van der Waals surface area contributed by atoms with Crippen LogP contribution in [0.2, 0.25) is 0 Å². The molecule has 0 heterocycles. The van der Waals surface area contributed by atoms with Crippen molar-refractivity contribution >= 4 is 17.9 Å². The normalized spacial score (nSPS) is 13.0. The summed E-state index contributed by atoms with van der Waals surface area (Å²) in [5.41, 5.74) is 0. The minimum absolute atomic E-state index is 0.107. The van der Waals surface area contributed by atoms with Crippen molar-refractivity contribution in [2.24, 2.45) is 0 Å². The Morgan fingerprint density at radius 2 is 0.519 bits per heavy atom. The maximum absolute atomic E-state index is 12.9. The Morgan fingerprint density at radius 1 is 0.266 bits per heavy atom. The van der Waals surface area contributed by atoms with E-state index in [1.807, 2.05) is 6.08 Å². The number of carbonyl (C=O) groups is 3. The smallest absolute Gasteiger partial charge is 0.306 e. The van der Waals surface area contributed by atoms with E-state index in [1.54, 1.807) is 0 Å². The maximum atomic E-state index is 12.9. The van der Waals surface area contributed by atoms with E-state index < -0.39 is 6.10 Å². The van der Waals surface area contributed by atoms with Gasteiger partial charge < -0.3 is 14.2 Å². The van der Waals surface area contributed by atoms with E-state index in [-0.39, 0.29) is 37.5 Å². The molecule has 0 radical (unpaired) electrons. The fraction of sp³-hybridized carbons (Fsp3) is 0.658. The number of allylic oxidation sites excluding steroid dienone is 22. The number of rotatable bonds is 58. The van der Waals surface area contributed by atoms with E-state index in [9.17, 15) is 14.4 Å². The molecule has 0 aliphatic rings. The van der Waals surface area contributed by atoms with Crippen LogP contribution in [-0.2, 0) is 28.6 Å². The highest BCUT2D eigenvalue weighted by molar-refractivity contribution is 5.71. The summed E-state index contributed by atoms with van der Waals surface area (Å²) in [6.45, 7) is 6.34. The first-order chi connectivity index (χ1) is 39.0. The van der Waals surface area contributed by atoms with E-state index in [4.69, 9.17) is 14.2 Å². The SMILES string of the molecule is CC/C=C\C/C=C\C/C=C\C/C=C\CCCCCCCCCCC(=O)OC(COC(=O)CC/C=C\C/C=C\C/C=C\C/C=C\CC)COC(=O)CCCCCCCCCCCCCC/C=C\C/C=C\C/C=C\CCCCCCC. The Morgan fingerprint density at radius 3 is 0.848 bits per heavy atom. The van der Waals surface area contributed by atoms with E-state index in [2.05, 4.69) is 148 Å². The molecule has 448 valence electrons. The maximum Gasteiger partial charge on any atom is 0.306 e. The molecule has 0 aromatic heterocycles. The van der Waals surface area contributed by atoms with Crippen LogP contribution in [-0.4, -0.2) is 37.2 Å². The van der Waals surface area contributed by atoms with Crippen molar-refractivity contribution in [3.8, 4) is 0 Å². The molecule has 0 aliphatic heterocycles. The minimum atomic E-state index is -0.818. The molecule has 0 aromatic rings. The highest BCUT2D eigenvalue weighted by Gasteiger charge is 2.19. The van der Waals surface area contributed by atoms with Gasteiger partial charge in [0.05, 0.1) is 0 Å². The highest BCUT2D eigenvalue weighted by atomic mass is 16.6. The van der Waals surface area contributed by atoms with Gasteiger partial charge in [-0.15, -0.1) is 0 Å². The Labute approximate surface area is 487 Å². The largest absolute Gasteiger partial charge is 0.462 e. The predicted octanol–water partition coefficient (Wildman–Crippen LogP) is 22.5. The molecule has 79 heavy (non-hydrogen) atoms. The van der Waals surface area contributed by atoms with Crippen LogP contribution in [0.1, 0.15) is 290 Å². The Kier molecular flexibility index (Phi) is 62.3. The molecule has 0 spiro atoms. The molecule has 0 amide bonds. The second kappa shape index (κ2) is 66.1. The predicted molar refractivity (Wildman–Crippen MR) is 343 cm³/mol. The summed E-state index contributed by atoms with van der Waals surface area (Å²) < 4.78 is 16.8. The van der Waals surface area contributed by atoms with Crippen molar-refractivity contribution in [1.29, 1.82) is 0 Å². The summed E-state index contributed by atoms with van der Waals surface area (Å²) in [5, 5.41) is 0. The summed E-state index contributed by atoms with van der Waals surface area (Å²) in [6, 6.07) is 0. The first-order valence-electron chi connectivity index (χ1n) is 32.7. The average Bonchev–Trinajstić information content (AvgIpc) is 3.45. The van der Waals surface area contributed by atoms with Crippen LogP contribution < -0.4 is 0 Å². The third-order valence-electron chi connectivity index (χ3n) is 13.6. The molecule has 6 nitrogen and oxygen atoms in total. The Balaban J connectivity index is 4.36. The second-order valence-corrected chi connectivity index (χ2v) is 21.3. The lowest BCUT2D eigenvalue weighted by atomic mass is 10.0. The molecule has 1 unspecified atom stereocenters.